The maximum Gasteiger partial charge on any atom is 0.263 e. The van der Waals surface area contributed by atoms with Gasteiger partial charge in [-0.2, -0.15) is 0 Å². The minimum absolute atomic E-state index is 0.182. The average Bonchev–Trinajstić information content (AvgIpc) is 2.74. The molecule has 1 saturated heterocycles. The summed E-state index contributed by atoms with van der Waals surface area (Å²) in [6, 6.07) is 15.7. The van der Waals surface area contributed by atoms with Crippen molar-refractivity contribution in [3.05, 3.63) is 54.6 Å². The topological polar surface area (TPSA) is 84.4 Å². The maximum atomic E-state index is 12.9. The molecule has 1 aliphatic rings. The van der Waals surface area contributed by atoms with Crippen LogP contribution in [0, 0.1) is 0 Å². The summed E-state index contributed by atoms with van der Waals surface area (Å²) in [5.41, 5.74) is 1.03. The van der Waals surface area contributed by atoms with Crippen LogP contribution in [0.4, 0.5) is 11.6 Å². The Labute approximate surface area is 170 Å². The fourth-order valence-electron chi connectivity index (χ4n) is 3.39. The van der Waals surface area contributed by atoms with E-state index in [9.17, 15) is 8.42 Å². The van der Waals surface area contributed by atoms with Gasteiger partial charge in [-0.15, -0.1) is 0 Å². The van der Waals surface area contributed by atoms with Crippen LogP contribution in [0.25, 0.3) is 11.0 Å². The number of hydrogen-bond donors (Lipinski definition) is 1. The number of nitrogens with zero attached hydrogens (tertiary/aromatic N) is 3. The Bertz CT molecular complexity index is 1120. The molecule has 3 aromatic rings. The zero-order valence-corrected chi connectivity index (χ0v) is 17.3. The molecule has 152 valence electrons. The summed E-state index contributed by atoms with van der Waals surface area (Å²) < 4.78 is 34.5. The van der Waals surface area contributed by atoms with E-state index < -0.39 is 10.0 Å². The third kappa shape index (κ3) is 4.04. The number of morpholine rings is 1. The van der Waals surface area contributed by atoms with Crippen LogP contribution in [0.3, 0.4) is 0 Å². The van der Waals surface area contributed by atoms with Gasteiger partial charge in [-0.25, -0.2) is 18.4 Å². The lowest BCUT2D eigenvalue weighted by atomic mass is 10.0. The monoisotopic (exact) mass is 412 g/mol. The molecule has 0 bridgehead atoms. The van der Waals surface area contributed by atoms with Crippen LogP contribution in [0.5, 0.6) is 0 Å². The minimum Gasteiger partial charge on any atom is -0.372 e. The lowest BCUT2D eigenvalue weighted by Gasteiger charge is -2.41. The Morgan fingerprint density at radius 3 is 2.41 bits per heavy atom. The van der Waals surface area contributed by atoms with E-state index in [0.717, 1.165) is 11.9 Å². The second-order valence-electron chi connectivity index (χ2n) is 7.38. The lowest BCUT2D eigenvalue weighted by Crippen LogP contribution is -2.50. The van der Waals surface area contributed by atoms with E-state index in [1.54, 1.807) is 30.3 Å². The van der Waals surface area contributed by atoms with Gasteiger partial charge < -0.3 is 9.64 Å². The van der Waals surface area contributed by atoms with Gasteiger partial charge in [0.25, 0.3) is 10.0 Å². The van der Waals surface area contributed by atoms with Crippen molar-refractivity contribution in [2.45, 2.75) is 30.8 Å². The predicted molar refractivity (Wildman–Crippen MR) is 114 cm³/mol. The largest absolute Gasteiger partial charge is 0.372 e. The van der Waals surface area contributed by atoms with E-state index in [2.05, 4.69) is 28.5 Å². The molecular weight excluding hydrogens is 388 g/mol. The van der Waals surface area contributed by atoms with E-state index in [1.165, 1.54) is 0 Å². The standard InChI is InChI=1S/C21H24N4O3S/c1-3-21(2)15-25(13-14-28-21)20-19(22-17-11-7-8-12-18(17)23-20)24-29(26,27)16-9-5-4-6-10-16/h4-12H,3,13-15H2,1-2H3,(H,22,24). The first-order valence-corrected chi connectivity index (χ1v) is 11.1. The molecule has 4 rings (SSSR count). The Hall–Kier alpha value is -2.71. The van der Waals surface area contributed by atoms with E-state index in [0.29, 0.717) is 31.0 Å². The smallest absolute Gasteiger partial charge is 0.263 e. The molecule has 7 nitrogen and oxygen atoms in total. The normalized spacial score (nSPS) is 20.0. The summed E-state index contributed by atoms with van der Waals surface area (Å²) in [5.74, 6) is 0.749. The second kappa shape index (κ2) is 7.61. The van der Waals surface area contributed by atoms with Gasteiger partial charge in [0.2, 0.25) is 0 Å². The predicted octanol–water partition coefficient (Wildman–Crippen LogP) is 3.44. The van der Waals surface area contributed by atoms with Crippen LogP contribution in [0.15, 0.2) is 59.5 Å². The van der Waals surface area contributed by atoms with Crippen molar-refractivity contribution in [1.29, 1.82) is 0 Å². The van der Waals surface area contributed by atoms with Gasteiger partial charge in [0, 0.05) is 13.1 Å². The number of benzene rings is 2. The number of para-hydroxylation sites is 2. The van der Waals surface area contributed by atoms with Crippen LogP contribution < -0.4 is 9.62 Å². The van der Waals surface area contributed by atoms with Gasteiger partial charge in [0.1, 0.15) is 0 Å². The van der Waals surface area contributed by atoms with Crippen LogP contribution in [-0.4, -0.2) is 43.7 Å². The number of ether oxygens (including phenoxy) is 1. The molecular formula is C21H24N4O3S. The lowest BCUT2D eigenvalue weighted by molar-refractivity contribution is -0.0442. The highest BCUT2D eigenvalue weighted by Gasteiger charge is 2.33. The van der Waals surface area contributed by atoms with Crippen molar-refractivity contribution < 1.29 is 13.2 Å². The summed E-state index contributed by atoms with van der Waals surface area (Å²) in [6.45, 7) is 5.90. The molecule has 0 spiro atoms. The summed E-state index contributed by atoms with van der Waals surface area (Å²) in [7, 11) is -3.79. The number of fused-ring (bicyclic) bond motifs is 1. The Morgan fingerprint density at radius 2 is 1.72 bits per heavy atom. The molecule has 1 aliphatic heterocycles. The third-order valence-electron chi connectivity index (χ3n) is 5.22. The van der Waals surface area contributed by atoms with Crippen molar-refractivity contribution in [2.75, 3.05) is 29.3 Å². The van der Waals surface area contributed by atoms with Gasteiger partial charge in [-0.1, -0.05) is 37.3 Å². The highest BCUT2D eigenvalue weighted by molar-refractivity contribution is 7.92. The number of anilines is 2. The SMILES string of the molecule is CCC1(C)CN(c2nc3ccccc3nc2NS(=O)(=O)c2ccccc2)CCO1. The molecule has 1 atom stereocenters. The van der Waals surface area contributed by atoms with Crippen LogP contribution >= 0.6 is 0 Å². The first-order valence-electron chi connectivity index (χ1n) is 9.64. The van der Waals surface area contributed by atoms with Gasteiger partial charge >= 0.3 is 0 Å². The van der Waals surface area contributed by atoms with E-state index in [1.807, 2.05) is 24.3 Å². The Balaban J connectivity index is 1.79. The first-order chi connectivity index (χ1) is 13.9. The minimum atomic E-state index is -3.79. The average molecular weight is 413 g/mol. The summed E-state index contributed by atoms with van der Waals surface area (Å²) in [5, 5.41) is 0. The fourth-order valence-corrected chi connectivity index (χ4v) is 4.42. The maximum absolute atomic E-state index is 12.9. The number of rotatable bonds is 5. The zero-order valence-electron chi connectivity index (χ0n) is 16.5. The molecule has 29 heavy (non-hydrogen) atoms. The van der Waals surface area contributed by atoms with E-state index in [-0.39, 0.29) is 16.3 Å². The van der Waals surface area contributed by atoms with E-state index in [4.69, 9.17) is 9.72 Å². The number of nitrogens with one attached hydrogen (secondary N) is 1. The molecule has 2 aromatic carbocycles. The quantitative estimate of drug-likeness (QED) is 0.691. The zero-order chi connectivity index (χ0) is 20.5. The molecule has 0 saturated carbocycles. The molecule has 0 aliphatic carbocycles. The molecule has 1 unspecified atom stereocenters. The summed E-state index contributed by atoms with van der Waals surface area (Å²) in [6.07, 6.45) is 0.843. The van der Waals surface area contributed by atoms with E-state index >= 15 is 0 Å². The van der Waals surface area contributed by atoms with Gasteiger partial charge in [-0.05, 0) is 37.6 Å². The van der Waals surface area contributed by atoms with Gasteiger partial charge in [0.15, 0.2) is 11.6 Å². The van der Waals surface area contributed by atoms with Crippen LogP contribution in [0.1, 0.15) is 20.3 Å². The van der Waals surface area contributed by atoms with Crippen molar-refractivity contribution in [3.63, 3.8) is 0 Å². The molecule has 0 amide bonds. The molecule has 2 heterocycles. The highest BCUT2D eigenvalue weighted by atomic mass is 32.2. The molecule has 1 N–H and O–H groups in total. The first kappa shape index (κ1) is 19.6. The van der Waals surface area contributed by atoms with Crippen molar-refractivity contribution in [2.24, 2.45) is 0 Å². The third-order valence-corrected chi connectivity index (χ3v) is 6.58. The van der Waals surface area contributed by atoms with Gasteiger partial charge in [0.05, 0.1) is 28.1 Å². The highest BCUT2D eigenvalue weighted by Crippen LogP contribution is 2.31. The molecule has 0 radical (unpaired) electrons. The summed E-state index contributed by atoms with van der Waals surface area (Å²) >= 11 is 0. The molecule has 8 heteroatoms. The Morgan fingerprint density at radius 1 is 1.07 bits per heavy atom. The molecule has 1 fully saturated rings. The fraction of sp³-hybridized carbons (Fsp3) is 0.333. The number of hydrogen-bond acceptors (Lipinski definition) is 6. The van der Waals surface area contributed by atoms with Crippen LogP contribution in [-0.2, 0) is 14.8 Å². The Kier molecular flexibility index (Phi) is 5.14. The molecule has 1 aromatic heterocycles. The summed E-state index contributed by atoms with van der Waals surface area (Å²) in [4.78, 5) is 11.6. The second-order valence-corrected chi connectivity index (χ2v) is 9.06. The van der Waals surface area contributed by atoms with Gasteiger partial charge in [-0.3, -0.25) is 4.72 Å². The van der Waals surface area contributed by atoms with Crippen molar-refractivity contribution in [3.8, 4) is 0 Å². The number of sulfonamides is 1. The van der Waals surface area contributed by atoms with Crippen LogP contribution in [0.2, 0.25) is 0 Å². The number of aromatic nitrogens is 2. The van der Waals surface area contributed by atoms with Crippen molar-refractivity contribution >= 4 is 32.7 Å². The van der Waals surface area contributed by atoms with Crippen molar-refractivity contribution in [1.82, 2.24) is 9.97 Å².